The highest BCUT2D eigenvalue weighted by atomic mass is 32.2. The molecule has 0 saturated heterocycles. The Labute approximate surface area is 101 Å². The molecule has 0 atom stereocenters. The molecule has 0 radical (unpaired) electrons. The van der Waals surface area contributed by atoms with Crippen molar-refractivity contribution in [1.82, 2.24) is 5.32 Å². The first-order valence-corrected chi connectivity index (χ1v) is 6.77. The quantitative estimate of drug-likeness (QED) is 0.714. The van der Waals surface area contributed by atoms with Crippen molar-refractivity contribution in [2.75, 3.05) is 30.4 Å². The lowest BCUT2D eigenvalue weighted by atomic mass is 10.3. The van der Waals surface area contributed by atoms with Gasteiger partial charge in [0.05, 0.1) is 6.54 Å². The first kappa shape index (κ1) is 13.1. The molecule has 0 fully saturated rings. The molecule has 4 heteroatoms. The standard InChI is InChI=1S/C12H18N2OS/c1-16-9-5-8-13-10-12(15)14-11-6-3-2-4-7-11/h2-4,6-7,13H,5,8-10H2,1H3,(H,14,15). The van der Waals surface area contributed by atoms with Crippen LogP contribution in [-0.2, 0) is 4.79 Å². The third-order valence-electron chi connectivity index (χ3n) is 2.05. The van der Waals surface area contributed by atoms with E-state index in [0.717, 1.165) is 24.4 Å². The molecule has 88 valence electrons. The molecular formula is C12H18N2OS. The highest BCUT2D eigenvalue weighted by Gasteiger charge is 2.00. The van der Waals surface area contributed by atoms with Crippen LogP contribution in [0, 0.1) is 0 Å². The lowest BCUT2D eigenvalue weighted by Gasteiger charge is -2.06. The van der Waals surface area contributed by atoms with Gasteiger partial charge in [0.15, 0.2) is 0 Å². The second-order valence-electron chi connectivity index (χ2n) is 3.44. The average molecular weight is 238 g/mol. The van der Waals surface area contributed by atoms with Gasteiger partial charge in [0.2, 0.25) is 5.91 Å². The fourth-order valence-electron chi connectivity index (χ4n) is 1.27. The van der Waals surface area contributed by atoms with E-state index in [0.29, 0.717) is 6.54 Å². The van der Waals surface area contributed by atoms with Gasteiger partial charge in [0.1, 0.15) is 0 Å². The average Bonchev–Trinajstić information content (AvgIpc) is 2.30. The van der Waals surface area contributed by atoms with Crippen molar-refractivity contribution in [2.24, 2.45) is 0 Å². The van der Waals surface area contributed by atoms with Crippen LogP contribution < -0.4 is 10.6 Å². The number of para-hydroxylation sites is 1. The van der Waals surface area contributed by atoms with E-state index in [4.69, 9.17) is 0 Å². The maximum absolute atomic E-state index is 11.5. The van der Waals surface area contributed by atoms with Crippen LogP contribution in [-0.4, -0.2) is 31.0 Å². The van der Waals surface area contributed by atoms with Crippen molar-refractivity contribution < 1.29 is 4.79 Å². The summed E-state index contributed by atoms with van der Waals surface area (Å²) in [5.41, 5.74) is 0.846. The number of hydrogen-bond donors (Lipinski definition) is 2. The molecule has 2 N–H and O–H groups in total. The number of anilines is 1. The number of hydrogen-bond acceptors (Lipinski definition) is 3. The fourth-order valence-corrected chi connectivity index (χ4v) is 1.70. The van der Waals surface area contributed by atoms with E-state index in [-0.39, 0.29) is 5.91 Å². The molecule has 0 heterocycles. The number of carbonyl (C=O) groups is 1. The van der Waals surface area contributed by atoms with Crippen LogP contribution in [0.4, 0.5) is 5.69 Å². The van der Waals surface area contributed by atoms with Crippen molar-refractivity contribution in [1.29, 1.82) is 0 Å². The van der Waals surface area contributed by atoms with E-state index in [1.165, 1.54) is 0 Å². The maximum Gasteiger partial charge on any atom is 0.238 e. The van der Waals surface area contributed by atoms with E-state index in [1.807, 2.05) is 42.1 Å². The summed E-state index contributed by atoms with van der Waals surface area (Å²) < 4.78 is 0. The summed E-state index contributed by atoms with van der Waals surface area (Å²) in [5, 5.41) is 5.94. The first-order chi connectivity index (χ1) is 7.83. The molecule has 0 spiro atoms. The first-order valence-electron chi connectivity index (χ1n) is 5.37. The fraction of sp³-hybridized carbons (Fsp3) is 0.417. The van der Waals surface area contributed by atoms with Crippen molar-refractivity contribution in [3.8, 4) is 0 Å². The molecule has 0 unspecified atom stereocenters. The molecule has 0 aliphatic carbocycles. The molecule has 1 aromatic carbocycles. The van der Waals surface area contributed by atoms with Crippen LogP contribution in [0.25, 0.3) is 0 Å². The monoisotopic (exact) mass is 238 g/mol. The van der Waals surface area contributed by atoms with Gasteiger partial charge in [-0.3, -0.25) is 4.79 Å². The summed E-state index contributed by atoms with van der Waals surface area (Å²) >= 11 is 1.82. The Morgan fingerprint density at radius 2 is 2.06 bits per heavy atom. The lowest BCUT2D eigenvalue weighted by molar-refractivity contribution is -0.115. The van der Waals surface area contributed by atoms with Gasteiger partial charge in [-0.15, -0.1) is 0 Å². The molecule has 0 aliphatic heterocycles. The second-order valence-corrected chi connectivity index (χ2v) is 4.42. The third kappa shape index (κ3) is 5.78. The molecule has 0 aromatic heterocycles. The van der Waals surface area contributed by atoms with Gasteiger partial charge in [-0.05, 0) is 37.1 Å². The normalized spacial score (nSPS) is 10.1. The zero-order valence-electron chi connectivity index (χ0n) is 9.53. The number of benzene rings is 1. The van der Waals surface area contributed by atoms with Crippen molar-refractivity contribution >= 4 is 23.4 Å². The molecule has 1 aromatic rings. The summed E-state index contributed by atoms with van der Waals surface area (Å²) in [6, 6.07) is 9.50. The van der Waals surface area contributed by atoms with Gasteiger partial charge in [-0.1, -0.05) is 18.2 Å². The van der Waals surface area contributed by atoms with Gasteiger partial charge in [0, 0.05) is 5.69 Å². The molecule has 1 rings (SSSR count). The summed E-state index contributed by atoms with van der Waals surface area (Å²) in [5.74, 6) is 1.14. The van der Waals surface area contributed by atoms with Crippen LogP contribution in [0.2, 0.25) is 0 Å². The molecule has 3 nitrogen and oxygen atoms in total. The zero-order valence-corrected chi connectivity index (χ0v) is 10.3. The SMILES string of the molecule is CSCCCNCC(=O)Nc1ccccc1. The second kappa shape index (κ2) is 8.19. The van der Waals surface area contributed by atoms with E-state index in [2.05, 4.69) is 16.9 Å². The lowest BCUT2D eigenvalue weighted by Crippen LogP contribution is -2.28. The zero-order chi connectivity index (χ0) is 11.6. The third-order valence-corrected chi connectivity index (χ3v) is 2.74. The van der Waals surface area contributed by atoms with Crippen molar-refractivity contribution in [3.05, 3.63) is 30.3 Å². The summed E-state index contributed by atoms with van der Waals surface area (Å²) in [7, 11) is 0. The number of carbonyl (C=O) groups excluding carboxylic acids is 1. The summed E-state index contributed by atoms with van der Waals surface area (Å²) in [6.07, 6.45) is 3.18. The Hall–Kier alpha value is -1.00. The Bertz CT molecular complexity index is 303. The number of thioether (sulfide) groups is 1. The van der Waals surface area contributed by atoms with Gasteiger partial charge in [-0.2, -0.15) is 11.8 Å². The molecule has 0 saturated carbocycles. The molecule has 1 amide bonds. The highest BCUT2D eigenvalue weighted by Crippen LogP contribution is 2.03. The molecule has 16 heavy (non-hydrogen) atoms. The number of amides is 1. The summed E-state index contributed by atoms with van der Waals surface area (Å²) in [4.78, 5) is 11.5. The van der Waals surface area contributed by atoms with Gasteiger partial charge < -0.3 is 10.6 Å². The predicted molar refractivity (Wildman–Crippen MR) is 70.9 cm³/mol. The smallest absolute Gasteiger partial charge is 0.238 e. The minimum Gasteiger partial charge on any atom is -0.325 e. The van der Waals surface area contributed by atoms with Crippen LogP contribution in [0.3, 0.4) is 0 Å². The van der Waals surface area contributed by atoms with Crippen molar-refractivity contribution in [2.45, 2.75) is 6.42 Å². The van der Waals surface area contributed by atoms with Crippen LogP contribution in [0.15, 0.2) is 30.3 Å². The Kier molecular flexibility index (Phi) is 6.69. The van der Waals surface area contributed by atoms with Crippen molar-refractivity contribution in [3.63, 3.8) is 0 Å². The summed E-state index contributed by atoms with van der Waals surface area (Å²) in [6.45, 7) is 1.27. The number of nitrogens with one attached hydrogen (secondary N) is 2. The Balaban J connectivity index is 2.12. The van der Waals surface area contributed by atoms with Gasteiger partial charge in [0.25, 0.3) is 0 Å². The van der Waals surface area contributed by atoms with E-state index < -0.39 is 0 Å². The minimum atomic E-state index is 0.00958. The van der Waals surface area contributed by atoms with Gasteiger partial charge >= 0.3 is 0 Å². The highest BCUT2D eigenvalue weighted by molar-refractivity contribution is 7.98. The Morgan fingerprint density at radius 3 is 2.75 bits per heavy atom. The van der Waals surface area contributed by atoms with Gasteiger partial charge in [-0.25, -0.2) is 0 Å². The van der Waals surface area contributed by atoms with E-state index in [1.54, 1.807) is 0 Å². The Morgan fingerprint density at radius 1 is 1.31 bits per heavy atom. The maximum atomic E-state index is 11.5. The number of rotatable bonds is 7. The largest absolute Gasteiger partial charge is 0.325 e. The minimum absolute atomic E-state index is 0.00958. The van der Waals surface area contributed by atoms with E-state index >= 15 is 0 Å². The molecule has 0 bridgehead atoms. The topological polar surface area (TPSA) is 41.1 Å². The molecular weight excluding hydrogens is 220 g/mol. The predicted octanol–water partition coefficient (Wildman–Crippen LogP) is 1.97. The van der Waals surface area contributed by atoms with E-state index in [9.17, 15) is 4.79 Å². The molecule has 0 aliphatic rings. The van der Waals surface area contributed by atoms with Crippen LogP contribution >= 0.6 is 11.8 Å². The van der Waals surface area contributed by atoms with Crippen LogP contribution in [0.5, 0.6) is 0 Å². The van der Waals surface area contributed by atoms with Crippen LogP contribution in [0.1, 0.15) is 6.42 Å².